The zero-order valence-corrected chi connectivity index (χ0v) is 46.4. The Labute approximate surface area is 478 Å². The Bertz CT molecular complexity index is 4720. The Morgan fingerprint density at radius 1 is 0.195 bits per heavy atom. The Morgan fingerprint density at radius 3 is 0.780 bits per heavy atom. The number of nitrogens with zero attached hydrogens (tertiary/aromatic N) is 2. The molecule has 0 radical (unpaired) electrons. The van der Waals surface area contributed by atoms with Crippen LogP contribution in [0.15, 0.2) is 355 Å². The summed E-state index contributed by atoms with van der Waals surface area (Å²) in [5.41, 5.74) is 12.2. The quantitative estimate of drug-likeness (QED) is 0.129. The van der Waals surface area contributed by atoms with Crippen molar-refractivity contribution in [2.24, 2.45) is 0 Å². The molecule has 4 aromatic heterocycles. The van der Waals surface area contributed by atoms with Crippen molar-refractivity contribution in [2.75, 3.05) is 0 Å². The highest BCUT2D eigenvalue weighted by atomic mass is 32.3. The van der Waals surface area contributed by atoms with E-state index in [4.69, 9.17) is 0 Å². The summed E-state index contributed by atoms with van der Waals surface area (Å²) in [7, 11) is -4.10. The fraction of sp³-hybridized carbons (Fsp3) is 0. The SMILES string of the molecule is c1ccc(S(c2ccccc2)(c2ccccc2)c2cccc(-c3c4c5cccc6c7ccccc7n(c4c(-c4cccc(S(c7ccccc7)(c7ccccc7)c7ccccc7)c4)c4c7cccc8c9ccccc9n(c34)c87)c65)c2)cc1. The van der Waals surface area contributed by atoms with Crippen LogP contribution in [0.25, 0.3) is 98.4 Å². The van der Waals surface area contributed by atoms with Crippen molar-refractivity contribution in [3.05, 3.63) is 315 Å². The molecule has 386 valence electrons. The van der Waals surface area contributed by atoms with Gasteiger partial charge in [-0.05, 0) is 120 Å². The van der Waals surface area contributed by atoms with E-state index >= 15 is 0 Å². The van der Waals surface area contributed by atoms with Crippen LogP contribution in [0.5, 0.6) is 0 Å². The minimum Gasteiger partial charge on any atom is -0.307 e. The van der Waals surface area contributed by atoms with Gasteiger partial charge in [0.1, 0.15) is 0 Å². The molecule has 4 heteroatoms. The predicted octanol–water partition coefficient (Wildman–Crippen LogP) is 22.0. The van der Waals surface area contributed by atoms with Crippen molar-refractivity contribution < 1.29 is 0 Å². The molecule has 4 heterocycles. The van der Waals surface area contributed by atoms with Crippen LogP contribution in [0.4, 0.5) is 0 Å². The maximum Gasteiger partial charge on any atom is 0.0634 e. The molecule has 0 saturated carbocycles. The molecule has 0 fully saturated rings. The summed E-state index contributed by atoms with van der Waals surface area (Å²) in [5, 5.41) is 10.1. The van der Waals surface area contributed by atoms with Crippen molar-refractivity contribution in [3.63, 3.8) is 0 Å². The van der Waals surface area contributed by atoms with Gasteiger partial charge in [-0.2, -0.15) is 0 Å². The highest BCUT2D eigenvalue weighted by molar-refractivity contribution is 8.34. The lowest BCUT2D eigenvalue weighted by atomic mass is 9.89. The van der Waals surface area contributed by atoms with E-state index in [1.54, 1.807) is 0 Å². The number of aromatic nitrogens is 2. The molecule has 13 aromatic carbocycles. The van der Waals surface area contributed by atoms with E-state index in [1.165, 1.54) is 138 Å². The van der Waals surface area contributed by atoms with Crippen molar-refractivity contribution in [3.8, 4) is 22.3 Å². The maximum absolute atomic E-state index is 2.65. The number of benzene rings is 13. The molecule has 0 unspecified atom stereocenters. The molecule has 0 bridgehead atoms. The van der Waals surface area contributed by atoms with Gasteiger partial charge in [-0.15, -0.1) is 20.1 Å². The topological polar surface area (TPSA) is 8.82 Å². The second kappa shape index (κ2) is 18.4. The molecule has 2 nitrogen and oxygen atoms in total. The Morgan fingerprint density at radius 2 is 0.451 bits per heavy atom. The number of fused-ring (bicyclic) bond motifs is 12. The lowest BCUT2D eigenvalue weighted by Gasteiger charge is -2.42. The summed E-state index contributed by atoms with van der Waals surface area (Å²) in [6.07, 6.45) is 0. The summed E-state index contributed by atoms with van der Waals surface area (Å²) in [6, 6.07) is 119. The van der Waals surface area contributed by atoms with Gasteiger partial charge < -0.3 is 8.80 Å². The van der Waals surface area contributed by atoms with Crippen LogP contribution in [0.2, 0.25) is 0 Å². The van der Waals surface area contributed by atoms with E-state index in [0.717, 1.165) is 0 Å². The van der Waals surface area contributed by atoms with Gasteiger partial charge in [0.25, 0.3) is 0 Å². The molecule has 17 aromatic rings. The second-order valence-corrected chi connectivity index (χ2v) is 27.7. The normalized spacial score (nSPS) is 12.8. The smallest absolute Gasteiger partial charge is 0.0634 e. The summed E-state index contributed by atoms with van der Waals surface area (Å²) < 4.78 is 5.30. The Hall–Kier alpha value is -9.84. The average Bonchev–Trinajstić information content (AvgIpc) is 2.98. The fourth-order valence-electron chi connectivity index (χ4n) is 14.2. The maximum atomic E-state index is 2.65. The zero-order chi connectivity index (χ0) is 53.9. The van der Waals surface area contributed by atoms with Crippen LogP contribution >= 0.6 is 20.1 Å². The van der Waals surface area contributed by atoms with Gasteiger partial charge in [0, 0.05) is 93.4 Å². The van der Waals surface area contributed by atoms with Gasteiger partial charge in [0.2, 0.25) is 0 Å². The minimum atomic E-state index is -2.05. The molecule has 0 saturated heterocycles. The first-order chi connectivity index (χ1) is 40.7. The first kappa shape index (κ1) is 47.0. The van der Waals surface area contributed by atoms with E-state index < -0.39 is 20.1 Å². The van der Waals surface area contributed by atoms with Crippen LogP contribution in [0, 0.1) is 0 Å². The Balaban J connectivity index is 1.09. The monoisotopic (exact) mass is 1080 g/mol. The molecule has 0 aliphatic heterocycles. The first-order valence-electron chi connectivity index (χ1n) is 28.2. The van der Waals surface area contributed by atoms with Crippen molar-refractivity contribution in [1.82, 2.24) is 8.80 Å². The van der Waals surface area contributed by atoms with Crippen molar-refractivity contribution >= 4 is 96.2 Å². The predicted molar refractivity (Wildman–Crippen MR) is 347 cm³/mol. The molecule has 0 aliphatic carbocycles. The van der Waals surface area contributed by atoms with E-state index in [2.05, 4.69) is 324 Å². The number of hydrogen-bond acceptors (Lipinski definition) is 0. The van der Waals surface area contributed by atoms with E-state index in [-0.39, 0.29) is 0 Å². The van der Waals surface area contributed by atoms with Crippen molar-refractivity contribution in [2.45, 2.75) is 39.2 Å². The highest BCUT2D eigenvalue weighted by Gasteiger charge is 2.37. The lowest BCUT2D eigenvalue weighted by Crippen LogP contribution is -2.05. The van der Waals surface area contributed by atoms with Crippen LogP contribution in [-0.2, 0) is 0 Å². The van der Waals surface area contributed by atoms with Gasteiger partial charge in [0.05, 0.1) is 33.1 Å². The molecule has 0 aliphatic rings. The molecule has 82 heavy (non-hydrogen) atoms. The lowest BCUT2D eigenvalue weighted by molar-refractivity contribution is 1.24. The van der Waals surface area contributed by atoms with Crippen LogP contribution < -0.4 is 0 Å². The molecule has 0 N–H and O–H groups in total. The summed E-state index contributed by atoms with van der Waals surface area (Å²) in [4.78, 5) is 10.4. The number of rotatable bonds is 10. The molecule has 0 amide bonds. The summed E-state index contributed by atoms with van der Waals surface area (Å²) in [5.74, 6) is 0. The van der Waals surface area contributed by atoms with Crippen LogP contribution in [0.1, 0.15) is 0 Å². The van der Waals surface area contributed by atoms with E-state index in [1.807, 2.05) is 0 Å². The van der Waals surface area contributed by atoms with Gasteiger partial charge in [-0.1, -0.05) is 206 Å². The van der Waals surface area contributed by atoms with Gasteiger partial charge in [-0.3, -0.25) is 0 Å². The number of para-hydroxylation sites is 4. The third-order valence-electron chi connectivity index (χ3n) is 17.4. The first-order valence-corrected chi connectivity index (χ1v) is 31.5. The van der Waals surface area contributed by atoms with Gasteiger partial charge in [-0.25, -0.2) is 0 Å². The molecule has 0 atom stereocenters. The third kappa shape index (κ3) is 6.45. The molecule has 17 rings (SSSR count). The third-order valence-corrected chi connectivity index (χ3v) is 25.2. The van der Waals surface area contributed by atoms with Crippen LogP contribution in [0.3, 0.4) is 0 Å². The van der Waals surface area contributed by atoms with Gasteiger partial charge >= 0.3 is 0 Å². The number of hydrogen-bond donors (Lipinski definition) is 0. The molecular weight excluding hydrogens is 1030 g/mol. The van der Waals surface area contributed by atoms with E-state index in [0.29, 0.717) is 0 Å². The minimum absolute atomic E-state index is 1.19. The van der Waals surface area contributed by atoms with Gasteiger partial charge in [0.15, 0.2) is 0 Å². The van der Waals surface area contributed by atoms with E-state index in [9.17, 15) is 0 Å². The fourth-order valence-corrected chi connectivity index (χ4v) is 22.1. The van der Waals surface area contributed by atoms with Crippen molar-refractivity contribution in [1.29, 1.82) is 0 Å². The second-order valence-electron chi connectivity index (χ2n) is 21.5. The average molecular weight is 1080 g/mol. The zero-order valence-electron chi connectivity index (χ0n) is 44.7. The highest BCUT2D eigenvalue weighted by Crippen LogP contribution is 2.75. The standard InChI is InChI=1S/C78H52N2S2/c1-7-29-55(30-8-1)81(56-31-9-2-10-32-56,57-33-11-3-12-34-57)61-41-23-27-53(51-61)71-73-67-47-25-45-65-64-44-20-22-50-70(64)80(75(65)67)78(73)72(74-68-48-26-46-66-63-43-19-21-49-69(63)79(76(66)68)77(71)74)54-28-24-42-62(52-54)82(58-35-13-4-14-36-58,59-37-15-5-16-38-59)60-39-17-6-18-40-60/h1-52H. The molecular formula is C78H52N2S2. The molecule has 0 spiro atoms. The summed E-state index contributed by atoms with van der Waals surface area (Å²) >= 11 is 0. The Kier molecular flexibility index (Phi) is 10.5. The van der Waals surface area contributed by atoms with Crippen LogP contribution in [-0.4, -0.2) is 8.80 Å². The largest absolute Gasteiger partial charge is 0.307 e. The summed E-state index contributed by atoms with van der Waals surface area (Å²) in [6.45, 7) is 0.